The molecule has 3 aromatic carbocycles. The van der Waals surface area contributed by atoms with E-state index in [1.54, 1.807) is 36.4 Å². The maximum absolute atomic E-state index is 12.9. The van der Waals surface area contributed by atoms with E-state index in [9.17, 15) is 19.7 Å². The van der Waals surface area contributed by atoms with Crippen LogP contribution in [0.1, 0.15) is 17.0 Å². The van der Waals surface area contributed by atoms with Crippen molar-refractivity contribution in [3.05, 3.63) is 94.0 Å². The zero-order valence-electron chi connectivity index (χ0n) is 15.6. The lowest BCUT2D eigenvalue weighted by Gasteiger charge is -2.26. The number of rotatable bonds is 5. The maximum Gasteiger partial charge on any atom is 0.318 e. The lowest BCUT2D eigenvalue weighted by molar-refractivity contribution is -0.384. The SMILES string of the molecule is O=C(COC(=O)C1c2ccccc2Oc2ccccc21)Nc1cccc([N+](=O)[O-])c1. The number of anilines is 1. The van der Waals surface area contributed by atoms with Gasteiger partial charge in [-0.1, -0.05) is 42.5 Å². The average molecular weight is 404 g/mol. The molecule has 30 heavy (non-hydrogen) atoms. The number of carbonyl (C=O) groups is 2. The van der Waals surface area contributed by atoms with Crippen LogP contribution in [0.15, 0.2) is 72.8 Å². The van der Waals surface area contributed by atoms with Gasteiger partial charge in [-0.05, 0) is 18.2 Å². The average Bonchev–Trinajstić information content (AvgIpc) is 2.76. The Bertz CT molecular complexity index is 1100. The summed E-state index contributed by atoms with van der Waals surface area (Å²) >= 11 is 0. The Hall–Kier alpha value is -4.20. The van der Waals surface area contributed by atoms with Crippen LogP contribution in [-0.2, 0) is 14.3 Å². The van der Waals surface area contributed by atoms with Gasteiger partial charge in [0.05, 0.1) is 4.92 Å². The van der Waals surface area contributed by atoms with Crippen LogP contribution in [0.3, 0.4) is 0 Å². The predicted molar refractivity (Wildman–Crippen MR) is 107 cm³/mol. The van der Waals surface area contributed by atoms with Crippen molar-refractivity contribution in [1.29, 1.82) is 0 Å². The molecule has 0 saturated heterocycles. The molecule has 0 bridgehead atoms. The molecule has 3 aromatic rings. The molecule has 0 fully saturated rings. The summed E-state index contributed by atoms with van der Waals surface area (Å²) in [6.45, 7) is -0.525. The molecule has 0 saturated carbocycles. The first-order valence-electron chi connectivity index (χ1n) is 9.09. The molecule has 1 N–H and O–H groups in total. The zero-order chi connectivity index (χ0) is 21.1. The van der Waals surface area contributed by atoms with E-state index < -0.39 is 29.3 Å². The van der Waals surface area contributed by atoms with Crippen molar-refractivity contribution in [3.8, 4) is 11.5 Å². The van der Waals surface area contributed by atoms with Crippen LogP contribution in [0, 0.1) is 10.1 Å². The van der Waals surface area contributed by atoms with Gasteiger partial charge in [0.2, 0.25) is 0 Å². The van der Waals surface area contributed by atoms with Gasteiger partial charge in [0, 0.05) is 28.9 Å². The molecular formula is C22H16N2O6. The van der Waals surface area contributed by atoms with Gasteiger partial charge >= 0.3 is 5.97 Å². The van der Waals surface area contributed by atoms with Crippen molar-refractivity contribution in [2.75, 3.05) is 11.9 Å². The Morgan fingerprint density at radius 3 is 2.23 bits per heavy atom. The number of nitrogens with zero attached hydrogens (tertiary/aromatic N) is 1. The number of carbonyl (C=O) groups excluding carboxylic acids is 2. The summed E-state index contributed by atoms with van der Waals surface area (Å²) in [5, 5.41) is 13.3. The molecule has 0 aromatic heterocycles. The van der Waals surface area contributed by atoms with E-state index in [0.717, 1.165) is 0 Å². The molecule has 1 aliphatic rings. The molecule has 0 unspecified atom stereocenters. The third-order valence-corrected chi connectivity index (χ3v) is 4.60. The van der Waals surface area contributed by atoms with Crippen LogP contribution in [0.2, 0.25) is 0 Å². The number of nitro benzene ring substituents is 1. The largest absolute Gasteiger partial charge is 0.457 e. The Balaban J connectivity index is 1.48. The molecule has 1 amide bonds. The normalized spacial score (nSPS) is 12.1. The molecule has 0 aliphatic carbocycles. The fraction of sp³-hybridized carbons (Fsp3) is 0.0909. The highest BCUT2D eigenvalue weighted by Crippen LogP contribution is 2.44. The van der Waals surface area contributed by atoms with Crippen molar-refractivity contribution in [2.45, 2.75) is 5.92 Å². The molecule has 4 rings (SSSR count). The lowest BCUT2D eigenvalue weighted by atomic mass is 9.88. The van der Waals surface area contributed by atoms with Gasteiger partial charge in [-0.15, -0.1) is 0 Å². The van der Waals surface area contributed by atoms with Gasteiger partial charge < -0.3 is 14.8 Å². The number of ether oxygens (including phenoxy) is 2. The standard InChI is InChI=1S/C22H16N2O6/c25-20(23-14-6-5-7-15(12-14)24(27)28)13-29-22(26)21-16-8-1-3-10-18(16)30-19-11-4-2-9-17(19)21/h1-12,21H,13H2,(H,23,25). The number of para-hydroxylation sites is 2. The number of amides is 1. The number of non-ortho nitro benzene ring substituents is 1. The Kier molecular flexibility index (Phi) is 5.13. The van der Waals surface area contributed by atoms with Gasteiger partial charge in [0.1, 0.15) is 17.4 Å². The number of nitrogens with one attached hydrogen (secondary N) is 1. The van der Waals surface area contributed by atoms with Crippen molar-refractivity contribution in [1.82, 2.24) is 0 Å². The number of benzene rings is 3. The summed E-state index contributed by atoms with van der Waals surface area (Å²) in [5.74, 6) is -0.806. The van der Waals surface area contributed by atoms with Gasteiger partial charge in [-0.2, -0.15) is 0 Å². The van der Waals surface area contributed by atoms with E-state index in [2.05, 4.69) is 5.32 Å². The molecule has 0 radical (unpaired) electrons. The Morgan fingerprint density at radius 2 is 1.60 bits per heavy atom. The number of nitro groups is 1. The molecule has 1 heterocycles. The molecule has 8 heteroatoms. The minimum absolute atomic E-state index is 0.153. The van der Waals surface area contributed by atoms with Gasteiger partial charge in [-0.3, -0.25) is 19.7 Å². The second-order valence-corrected chi connectivity index (χ2v) is 6.57. The van der Waals surface area contributed by atoms with Crippen LogP contribution in [0.25, 0.3) is 0 Å². The Morgan fingerprint density at radius 1 is 0.967 bits per heavy atom. The van der Waals surface area contributed by atoms with E-state index >= 15 is 0 Å². The van der Waals surface area contributed by atoms with E-state index in [1.165, 1.54) is 24.3 Å². The number of hydrogen-bond acceptors (Lipinski definition) is 6. The molecule has 8 nitrogen and oxygen atoms in total. The van der Waals surface area contributed by atoms with Crippen LogP contribution < -0.4 is 10.1 Å². The summed E-state index contributed by atoms with van der Waals surface area (Å²) < 4.78 is 11.1. The van der Waals surface area contributed by atoms with Crippen molar-refractivity contribution >= 4 is 23.3 Å². The third kappa shape index (κ3) is 3.83. The van der Waals surface area contributed by atoms with Crippen molar-refractivity contribution in [2.24, 2.45) is 0 Å². The zero-order valence-corrected chi connectivity index (χ0v) is 15.6. The first-order chi connectivity index (χ1) is 14.5. The molecule has 150 valence electrons. The monoisotopic (exact) mass is 404 g/mol. The highest BCUT2D eigenvalue weighted by Gasteiger charge is 2.33. The van der Waals surface area contributed by atoms with Crippen LogP contribution >= 0.6 is 0 Å². The minimum atomic E-state index is -0.725. The van der Waals surface area contributed by atoms with Crippen LogP contribution in [-0.4, -0.2) is 23.4 Å². The summed E-state index contributed by atoms with van der Waals surface area (Å²) in [6, 6.07) is 19.8. The van der Waals surface area contributed by atoms with Gasteiger partial charge in [0.15, 0.2) is 6.61 Å². The highest BCUT2D eigenvalue weighted by molar-refractivity contribution is 5.94. The van der Waals surface area contributed by atoms with E-state index in [0.29, 0.717) is 22.6 Å². The second kappa shape index (κ2) is 8.04. The fourth-order valence-electron chi connectivity index (χ4n) is 3.28. The summed E-state index contributed by atoms with van der Waals surface area (Å²) in [4.78, 5) is 35.3. The number of hydrogen-bond donors (Lipinski definition) is 1. The topological polar surface area (TPSA) is 108 Å². The third-order valence-electron chi connectivity index (χ3n) is 4.60. The first kappa shape index (κ1) is 19.1. The fourth-order valence-corrected chi connectivity index (χ4v) is 3.28. The van der Waals surface area contributed by atoms with Crippen LogP contribution in [0.5, 0.6) is 11.5 Å². The predicted octanol–water partition coefficient (Wildman–Crippen LogP) is 4.01. The maximum atomic E-state index is 12.9. The van der Waals surface area contributed by atoms with Crippen LogP contribution in [0.4, 0.5) is 11.4 Å². The summed E-state index contributed by atoms with van der Waals surface area (Å²) in [6.07, 6.45) is 0. The quantitative estimate of drug-likeness (QED) is 0.391. The summed E-state index contributed by atoms with van der Waals surface area (Å²) in [5.41, 5.74) is 1.40. The summed E-state index contributed by atoms with van der Waals surface area (Å²) in [7, 11) is 0. The van der Waals surface area contributed by atoms with E-state index in [-0.39, 0.29) is 11.4 Å². The van der Waals surface area contributed by atoms with Gasteiger partial charge in [0.25, 0.3) is 11.6 Å². The molecule has 0 spiro atoms. The van der Waals surface area contributed by atoms with E-state index in [4.69, 9.17) is 9.47 Å². The smallest absolute Gasteiger partial charge is 0.318 e. The van der Waals surface area contributed by atoms with Crippen molar-refractivity contribution in [3.63, 3.8) is 0 Å². The minimum Gasteiger partial charge on any atom is -0.457 e. The Labute approximate surface area is 171 Å². The van der Waals surface area contributed by atoms with Crippen molar-refractivity contribution < 1.29 is 24.0 Å². The molecule has 0 atom stereocenters. The second-order valence-electron chi connectivity index (χ2n) is 6.57. The molecular weight excluding hydrogens is 388 g/mol. The van der Waals surface area contributed by atoms with Gasteiger partial charge in [-0.25, -0.2) is 0 Å². The molecule has 1 aliphatic heterocycles. The number of fused-ring (bicyclic) bond motifs is 2. The lowest BCUT2D eigenvalue weighted by Crippen LogP contribution is -2.26. The highest BCUT2D eigenvalue weighted by atomic mass is 16.6. The van der Waals surface area contributed by atoms with E-state index in [1.807, 2.05) is 12.1 Å². The first-order valence-corrected chi connectivity index (χ1v) is 9.09. The number of esters is 1.